The van der Waals surface area contributed by atoms with Crippen LogP contribution in [-0.2, 0) is 13.1 Å². The summed E-state index contributed by atoms with van der Waals surface area (Å²) in [5, 5.41) is 2.81. The van der Waals surface area contributed by atoms with E-state index in [2.05, 4.69) is 31.3 Å². The van der Waals surface area contributed by atoms with E-state index in [0.29, 0.717) is 6.54 Å². The third kappa shape index (κ3) is 5.29. The molecule has 0 aliphatic heterocycles. The van der Waals surface area contributed by atoms with Crippen LogP contribution >= 0.6 is 0 Å². The van der Waals surface area contributed by atoms with Crippen molar-refractivity contribution in [2.45, 2.75) is 26.9 Å². The Hall–Kier alpha value is -2.40. The molecule has 0 bridgehead atoms. The first-order valence-electron chi connectivity index (χ1n) is 8.60. The van der Waals surface area contributed by atoms with E-state index in [1.54, 1.807) is 6.07 Å². The summed E-state index contributed by atoms with van der Waals surface area (Å²) in [7, 11) is 1.39. The first-order valence-corrected chi connectivity index (χ1v) is 8.60. The summed E-state index contributed by atoms with van der Waals surface area (Å²) in [6, 6.07) is 12.4. The van der Waals surface area contributed by atoms with Crippen molar-refractivity contribution in [2.24, 2.45) is 0 Å². The Kier molecular flexibility index (Phi) is 6.95. The van der Waals surface area contributed by atoms with Crippen LogP contribution in [0.25, 0.3) is 0 Å². The predicted octanol–water partition coefficient (Wildman–Crippen LogP) is 2.19. The number of quaternary nitrogens is 1. The highest BCUT2D eigenvalue weighted by Gasteiger charge is 2.10. The molecular weight excluding hydrogens is 319 g/mol. The van der Waals surface area contributed by atoms with Gasteiger partial charge < -0.3 is 15.0 Å². The van der Waals surface area contributed by atoms with Gasteiger partial charge in [-0.25, -0.2) is 4.39 Å². The molecule has 0 aromatic heterocycles. The Balaban J connectivity index is 1.92. The molecule has 0 radical (unpaired) electrons. The van der Waals surface area contributed by atoms with Crippen LogP contribution in [0.3, 0.4) is 0 Å². The Morgan fingerprint density at radius 3 is 2.28 bits per heavy atom. The van der Waals surface area contributed by atoms with E-state index in [0.717, 1.165) is 25.2 Å². The van der Waals surface area contributed by atoms with E-state index in [4.69, 9.17) is 4.74 Å². The van der Waals surface area contributed by atoms with Gasteiger partial charge in [0.05, 0.1) is 20.2 Å². The molecule has 0 saturated heterocycles. The average Bonchev–Trinajstić information content (AvgIpc) is 2.65. The van der Waals surface area contributed by atoms with Crippen LogP contribution < -0.4 is 15.0 Å². The fourth-order valence-electron chi connectivity index (χ4n) is 2.66. The molecule has 0 unspecified atom stereocenters. The molecule has 1 amide bonds. The third-order valence-corrected chi connectivity index (χ3v) is 4.34. The van der Waals surface area contributed by atoms with Crippen LogP contribution in [0, 0.1) is 5.82 Å². The normalized spacial score (nSPS) is 10.8. The summed E-state index contributed by atoms with van der Waals surface area (Å²) in [5.41, 5.74) is 2.58. The maximum absolute atomic E-state index is 13.7. The van der Waals surface area contributed by atoms with E-state index < -0.39 is 5.82 Å². The SMILES string of the molecule is CC[NH+](CC)Cc1ccc(CNC(=O)c2ccc(OC)c(F)c2)cc1. The van der Waals surface area contributed by atoms with Gasteiger partial charge >= 0.3 is 0 Å². The standard InChI is InChI=1S/C20H25FN2O2/c1-4-23(5-2)14-16-8-6-15(7-9-16)13-22-20(24)17-10-11-19(25-3)18(21)12-17/h6-12H,4-5,13-14H2,1-3H3,(H,22,24)/p+1. The molecule has 4 nitrogen and oxygen atoms in total. The molecule has 0 aliphatic rings. The second kappa shape index (κ2) is 9.18. The average molecular weight is 345 g/mol. The first kappa shape index (κ1) is 18.9. The van der Waals surface area contributed by atoms with Crippen molar-refractivity contribution >= 4 is 5.91 Å². The second-order valence-corrected chi connectivity index (χ2v) is 5.98. The summed E-state index contributed by atoms with van der Waals surface area (Å²) >= 11 is 0. The molecule has 0 atom stereocenters. The lowest BCUT2D eigenvalue weighted by Gasteiger charge is -2.15. The second-order valence-electron chi connectivity index (χ2n) is 5.98. The molecule has 0 aliphatic carbocycles. The molecule has 25 heavy (non-hydrogen) atoms. The number of methoxy groups -OCH3 is 1. The van der Waals surface area contributed by atoms with E-state index in [1.807, 2.05) is 12.1 Å². The quantitative estimate of drug-likeness (QED) is 0.770. The summed E-state index contributed by atoms with van der Waals surface area (Å²) in [5.74, 6) is -0.723. The summed E-state index contributed by atoms with van der Waals surface area (Å²) < 4.78 is 18.5. The Morgan fingerprint density at radius 1 is 1.08 bits per heavy atom. The number of carbonyl (C=O) groups excluding carboxylic acids is 1. The topological polar surface area (TPSA) is 42.8 Å². The van der Waals surface area contributed by atoms with Gasteiger partial charge in [-0.1, -0.05) is 24.3 Å². The number of hydrogen-bond donors (Lipinski definition) is 2. The number of halogens is 1. The van der Waals surface area contributed by atoms with Crippen molar-refractivity contribution in [1.82, 2.24) is 5.32 Å². The molecule has 5 heteroatoms. The van der Waals surface area contributed by atoms with Gasteiger partial charge in [-0.05, 0) is 37.6 Å². The zero-order valence-electron chi connectivity index (χ0n) is 15.1. The lowest BCUT2D eigenvalue weighted by molar-refractivity contribution is -0.910. The van der Waals surface area contributed by atoms with Crippen LogP contribution in [0.4, 0.5) is 4.39 Å². The largest absolute Gasteiger partial charge is 0.494 e. The Morgan fingerprint density at radius 2 is 1.72 bits per heavy atom. The van der Waals surface area contributed by atoms with Gasteiger partial charge in [0, 0.05) is 17.7 Å². The van der Waals surface area contributed by atoms with Crippen molar-refractivity contribution in [3.8, 4) is 5.75 Å². The molecule has 134 valence electrons. The van der Waals surface area contributed by atoms with E-state index in [-0.39, 0.29) is 17.2 Å². The monoisotopic (exact) mass is 345 g/mol. The van der Waals surface area contributed by atoms with E-state index in [1.165, 1.54) is 29.7 Å². The third-order valence-electron chi connectivity index (χ3n) is 4.34. The molecule has 0 spiro atoms. The maximum Gasteiger partial charge on any atom is 0.251 e. The predicted molar refractivity (Wildman–Crippen MR) is 96.3 cm³/mol. The molecule has 0 heterocycles. The van der Waals surface area contributed by atoms with Crippen LogP contribution in [0.15, 0.2) is 42.5 Å². The van der Waals surface area contributed by atoms with Gasteiger partial charge in [0.1, 0.15) is 6.54 Å². The fourth-order valence-corrected chi connectivity index (χ4v) is 2.66. The molecule has 0 fully saturated rings. The summed E-state index contributed by atoms with van der Waals surface area (Å²) in [4.78, 5) is 13.7. The number of rotatable bonds is 8. The molecular formula is C20H26FN2O2+. The Labute approximate surface area is 148 Å². The van der Waals surface area contributed by atoms with Crippen LogP contribution in [0.2, 0.25) is 0 Å². The summed E-state index contributed by atoms with van der Waals surface area (Å²) in [6.45, 7) is 7.99. The summed E-state index contributed by atoms with van der Waals surface area (Å²) in [6.07, 6.45) is 0. The van der Waals surface area contributed by atoms with E-state index >= 15 is 0 Å². The first-order chi connectivity index (χ1) is 12.1. The number of nitrogens with one attached hydrogen (secondary N) is 2. The van der Waals surface area contributed by atoms with Crippen LogP contribution in [0.1, 0.15) is 35.3 Å². The van der Waals surface area contributed by atoms with Gasteiger partial charge in [-0.2, -0.15) is 0 Å². The smallest absolute Gasteiger partial charge is 0.251 e. The minimum Gasteiger partial charge on any atom is -0.494 e. The van der Waals surface area contributed by atoms with Gasteiger partial charge in [0.2, 0.25) is 0 Å². The minimum atomic E-state index is -0.543. The number of ether oxygens (including phenoxy) is 1. The number of benzene rings is 2. The minimum absolute atomic E-state index is 0.127. The number of carbonyl (C=O) groups is 1. The van der Waals surface area contributed by atoms with Gasteiger partial charge in [0.25, 0.3) is 5.91 Å². The Bertz CT molecular complexity index is 697. The van der Waals surface area contributed by atoms with Crippen molar-refractivity contribution in [2.75, 3.05) is 20.2 Å². The van der Waals surface area contributed by atoms with Crippen LogP contribution in [0.5, 0.6) is 5.75 Å². The van der Waals surface area contributed by atoms with Gasteiger partial charge in [-0.3, -0.25) is 4.79 Å². The van der Waals surface area contributed by atoms with E-state index in [9.17, 15) is 9.18 Å². The molecule has 2 aromatic carbocycles. The molecule has 2 rings (SSSR count). The number of hydrogen-bond acceptors (Lipinski definition) is 2. The molecule has 2 aromatic rings. The fraction of sp³-hybridized carbons (Fsp3) is 0.350. The van der Waals surface area contributed by atoms with Gasteiger partial charge in [0.15, 0.2) is 11.6 Å². The lowest BCUT2D eigenvalue weighted by Crippen LogP contribution is -3.10. The zero-order valence-corrected chi connectivity index (χ0v) is 15.1. The van der Waals surface area contributed by atoms with Crippen molar-refractivity contribution in [3.05, 3.63) is 65.0 Å². The highest BCUT2D eigenvalue weighted by Crippen LogP contribution is 2.17. The molecule has 2 N–H and O–H groups in total. The lowest BCUT2D eigenvalue weighted by atomic mass is 10.1. The van der Waals surface area contributed by atoms with Crippen LogP contribution in [-0.4, -0.2) is 26.1 Å². The van der Waals surface area contributed by atoms with Gasteiger partial charge in [-0.15, -0.1) is 0 Å². The zero-order chi connectivity index (χ0) is 18.2. The van der Waals surface area contributed by atoms with Crippen molar-refractivity contribution in [3.63, 3.8) is 0 Å². The van der Waals surface area contributed by atoms with Crippen molar-refractivity contribution < 1.29 is 18.8 Å². The maximum atomic E-state index is 13.7. The highest BCUT2D eigenvalue weighted by atomic mass is 19.1. The molecule has 0 saturated carbocycles. The highest BCUT2D eigenvalue weighted by molar-refractivity contribution is 5.94. The number of amides is 1. The van der Waals surface area contributed by atoms with Crippen molar-refractivity contribution in [1.29, 1.82) is 0 Å².